The number of amides is 2. The molecule has 0 heterocycles. The summed E-state index contributed by atoms with van der Waals surface area (Å²) in [6.07, 6.45) is 1.56. The van der Waals surface area contributed by atoms with Crippen LogP contribution in [0.3, 0.4) is 0 Å². The molecule has 0 unspecified atom stereocenters. The molecule has 0 bridgehead atoms. The van der Waals surface area contributed by atoms with Gasteiger partial charge in [-0.2, -0.15) is 0 Å². The molecule has 0 fully saturated rings. The van der Waals surface area contributed by atoms with Crippen LogP contribution in [0.25, 0.3) is 0 Å². The topological polar surface area (TPSA) is 134 Å². The van der Waals surface area contributed by atoms with Crippen LogP contribution in [0.15, 0.2) is 0 Å². The second-order valence-electron chi connectivity index (χ2n) is 6.35. The number of hydrogen-bond donors (Lipinski definition) is 4. The maximum atomic E-state index is 11.9. The first-order chi connectivity index (χ1) is 12.0. The average Bonchev–Trinajstić information content (AvgIpc) is 2.50. The number of carboxylic acid groups (broad SMARTS) is 1. The fourth-order valence-electron chi connectivity index (χ4n) is 1.50. The van der Waals surface area contributed by atoms with Crippen LogP contribution >= 0.6 is 11.8 Å². The van der Waals surface area contributed by atoms with Gasteiger partial charge in [0.2, 0.25) is 0 Å². The van der Waals surface area contributed by atoms with Crippen LogP contribution in [0.5, 0.6) is 0 Å². The Balaban J connectivity index is 4.22. The number of ether oxygens (including phenoxy) is 1. The Bertz CT molecular complexity index is 512. The zero-order valence-electron chi connectivity index (χ0n) is 15.6. The molecule has 0 saturated heterocycles. The van der Waals surface area contributed by atoms with Crippen molar-refractivity contribution >= 4 is 49.6 Å². The SMILES string of the molecule is CSCC[C@H](N[Se]C(=O)CNC(=O)[C@H](C)NC(=O)OC(C)(C)C)C(=O)O. The molecule has 0 aromatic heterocycles. The molecular weight excluding hydrogens is 429 g/mol. The first kappa shape index (κ1) is 24.7. The van der Waals surface area contributed by atoms with E-state index in [0.29, 0.717) is 12.2 Å². The summed E-state index contributed by atoms with van der Waals surface area (Å²) in [7, 11) is 0. The van der Waals surface area contributed by atoms with E-state index >= 15 is 0 Å². The number of rotatable bonds is 11. The summed E-state index contributed by atoms with van der Waals surface area (Å²) < 4.78 is 7.47. The van der Waals surface area contributed by atoms with E-state index in [4.69, 9.17) is 9.84 Å². The summed E-state index contributed by atoms with van der Waals surface area (Å²) in [5.74, 6) is -0.871. The molecule has 0 aliphatic rings. The molecule has 0 aromatic rings. The van der Waals surface area contributed by atoms with E-state index in [9.17, 15) is 19.2 Å². The number of carbonyl (C=O) groups is 4. The number of hydrogen-bond acceptors (Lipinski definition) is 7. The van der Waals surface area contributed by atoms with Gasteiger partial charge in [0.1, 0.15) is 0 Å². The first-order valence-corrected chi connectivity index (χ1v) is 11.0. The van der Waals surface area contributed by atoms with E-state index in [-0.39, 0.29) is 11.2 Å². The van der Waals surface area contributed by atoms with Gasteiger partial charge in [0.15, 0.2) is 0 Å². The van der Waals surface area contributed by atoms with Gasteiger partial charge in [-0.25, -0.2) is 0 Å². The van der Waals surface area contributed by atoms with Crippen LogP contribution in [0.2, 0.25) is 0 Å². The molecule has 2 amide bonds. The quantitative estimate of drug-likeness (QED) is 0.318. The van der Waals surface area contributed by atoms with E-state index in [1.54, 1.807) is 20.8 Å². The summed E-state index contributed by atoms with van der Waals surface area (Å²) in [5.41, 5.74) is -0.679. The summed E-state index contributed by atoms with van der Waals surface area (Å²) >= 11 is 0.757. The predicted octanol–water partition coefficient (Wildman–Crippen LogP) is -0.0425. The average molecular weight is 456 g/mol. The zero-order chi connectivity index (χ0) is 20.3. The van der Waals surface area contributed by atoms with Crippen molar-refractivity contribution in [2.75, 3.05) is 18.6 Å². The van der Waals surface area contributed by atoms with Crippen molar-refractivity contribution in [3.63, 3.8) is 0 Å². The second-order valence-corrected chi connectivity index (χ2v) is 9.21. The minimum absolute atomic E-state index is 0.235. The Kier molecular flexibility index (Phi) is 11.6. The van der Waals surface area contributed by atoms with Crippen LogP contribution in [0, 0.1) is 0 Å². The molecule has 4 N–H and O–H groups in total. The number of alkyl carbamates (subject to hydrolysis) is 1. The molecule has 0 rings (SSSR count). The van der Waals surface area contributed by atoms with Crippen molar-refractivity contribution in [2.24, 2.45) is 0 Å². The van der Waals surface area contributed by atoms with Crippen LogP contribution in [0.4, 0.5) is 4.79 Å². The number of nitrogens with one attached hydrogen (secondary N) is 3. The minimum atomic E-state index is -1.01. The van der Waals surface area contributed by atoms with Crippen molar-refractivity contribution in [3.8, 4) is 0 Å². The van der Waals surface area contributed by atoms with E-state index in [0.717, 1.165) is 0 Å². The Labute approximate surface area is 164 Å². The first-order valence-electron chi connectivity index (χ1n) is 7.90. The monoisotopic (exact) mass is 457 g/mol. The number of thioether (sulfide) groups is 1. The van der Waals surface area contributed by atoms with E-state index in [1.807, 2.05) is 6.26 Å². The zero-order valence-corrected chi connectivity index (χ0v) is 18.1. The molecule has 150 valence electrons. The van der Waals surface area contributed by atoms with E-state index < -0.39 is 50.8 Å². The summed E-state index contributed by atoms with van der Waals surface area (Å²) in [5, 5.41) is 13.9. The molecule has 0 spiro atoms. The molecule has 11 heteroatoms. The number of aliphatic carboxylic acids is 1. The van der Waals surface area contributed by atoms with Gasteiger partial charge in [0.25, 0.3) is 0 Å². The third kappa shape index (κ3) is 12.1. The Morgan fingerprint density at radius 1 is 1.23 bits per heavy atom. The fourth-order valence-corrected chi connectivity index (χ4v) is 3.31. The summed E-state index contributed by atoms with van der Waals surface area (Å²) in [6, 6.07) is -1.65. The van der Waals surface area contributed by atoms with Crippen molar-refractivity contribution < 1.29 is 29.0 Å². The molecular formula is C15H27N3O6SSe. The van der Waals surface area contributed by atoms with Gasteiger partial charge in [-0.1, -0.05) is 0 Å². The fraction of sp³-hybridized carbons (Fsp3) is 0.733. The third-order valence-electron chi connectivity index (χ3n) is 2.76. The normalized spacial score (nSPS) is 13.4. The molecule has 0 saturated carbocycles. The van der Waals surface area contributed by atoms with Gasteiger partial charge in [-0.15, -0.1) is 0 Å². The molecule has 0 aliphatic heterocycles. The van der Waals surface area contributed by atoms with Crippen LogP contribution in [-0.4, -0.2) is 79.2 Å². The number of carbonyl (C=O) groups excluding carboxylic acids is 3. The van der Waals surface area contributed by atoms with Crippen molar-refractivity contribution in [3.05, 3.63) is 0 Å². The maximum absolute atomic E-state index is 11.9. The van der Waals surface area contributed by atoms with Crippen molar-refractivity contribution in [1.82, 2.24) is 15.0 Å². The van der Waals surface area contributed by atoms with Gasteiger partial charge in [0, 0.05) is 0 Å². The standard InChI is InChI=1S/C15H27N3O6SSe/c1-9(17-14(23)24-15(2,3)4)12(20)16-8-11(19)26-18-10(13(21)22)6-7-25-5/h9-10,18H,6-8H2,1-5H3,(H,16,20)(H,17,23)(H,21,22)/t9-,10-/m0/s1. The van der Waals surface area contributed by atoms with Crippen LogP contribution in [0.1, 0.15) is 34.1 Å². The van der Waals surface area contributed by atoms with Gasteiger partial charge < -0.3 is 0 Å². The number of carboxylic acids is 1. The van der Waals surface area contributed by atoms with E-state index in [2.05, 4.69) is 15.0 Å². The molecule has 2 atom stereocenters. The van der Waals surface area contributed by atoms with Crippen molar-refractivity contribution in [2.45, 2.75) is 51.8 Å². The van der Waals surface area contributed by atoms with Gasteiger partial charge >= 0.3 is 164 Å². The molecule has 9 nitrogen and oxygen atoms in total. The summed E-state index contributed by atoms with van der Waals surface area (Å²) in [6.45, 7) is 6.34. The van der Waals surface area contributed by atoms with E-state index in [1.165, 1.54) is 18.7 Å². The van der Waals surface area contributed by atoms with Gasteiger partial charge in [0.05, 0.1) is 0 Å². The molecule has 26 heavy (non-hydrogen) atoms. The van der Waals surface area contributed by atoms with Gasteiger partial charge in [-0.3, -0.25) is 0 Å². The Morgan fingerprint density at radius 3 is 2.35 bits per heavy atom. The predicted molar refractivity (Wildman–Crippen MR) is 100 cm³/mol. The summed E-state index contributed by atoms with van der Waals surface area (Å²) in [4.78, 5) is 46.4. The Hall–Kier alpha value is -1.29. The van der Waals surface area contributed by atoms with Crippen LogP contribution in [-0.2, 0) is 19.1 Å². The van der Waals surface area contributed by atoms with Crippen LogP contribution < -0.4 is 15.0 Å². The molecule has 0 radical (unpaired) electrons. The Morgan fingerprint density at radius 2 is 1.85 bits per heavy atom. The van der Waals surface area contributed by atoms with Gasteiger partial charge in [-0.05, 0) is 0 Å². The second kappa shape index (κ2) is 12.2. The molecule has 0 aromatic carbocycles. The van der Waals surface area contributed by atoms with Crippen molar-refractivity contribution in [1.29, 1.82) is 0 Å². The molecule has 0 aliphatic carbocycles. The third-order valence-corrected chi connectivity index (χ3v) is 5.03.